The summed E-state index contributed by atoms with van der Waals surface area (Å²) >= 11 is 5.20. The van der Waals surface area contributed by atoms with Crippen molar-refractivity contribution in [3.8, 4) is 0 Å². The second kappa shape index (κ2) is 11.9. The number of nitrogens with two attached hydrogens (primary N) is 1. The molecule has 7 heteroatoms. The summed E-state index contributed by atoms with van der Waals surface area (Å²) in [6.07, 6.45) is 9.50. The van der Waals surface area contributed by atoms with Gasteiger partial charge in [0.05, 0.1) is 5.56 Å². The number of allylic oxidation sites excluding steroid dienone is 6. The summed E-state index contributed by atoms with van der Waals surface area (Å²) in [5.41, 5.74) is 11.5. The Morgan fingerprint density at radius 2 is 1.88 bits per heavy atom. The van der Waals surface area contributed by atoms with E-state index in [1.165, 1.54) is 17.9 Å². The van der Waals surface area contributed by atoms with Crippen LogP contribution in [-0.4, -0.2) is 17.2 Å². The van der Waals surface area contributed by atoms with Gasteiger partial charge in [-0.3, -0.25) is 5.43 Å². The third-order valence-corrected chi connectivity index (χ3v) is 5.91. The summed E-state index contributed by atoms with van der Waals surface area (Å²) in [7, 11) is 0. The maximum atomic E-state index is 13.8. The molecule has 1 atom stereocenters. The van der Waals surface area contributed by atoms with E-state index in [9.17, 15) is 13.2 Å². The minimum Gasteiger partial charge on any atom is -0.323 e. The molecule has 0 radical (unpaired) electrons. The fraction of sp³-hybridized carbons (Fsp3) is 0.259. The molecule has 1 aliphatic carbocycles. The maximum Gasteiger partial charge on any atom is 0.416 e. The lowest BCUT2D eigenvalue weighted by Crippen LogP contribution is -2.24. The van der Waals surface area contributed by atoms with E-state index in [1.54, 1.807) is 6.07 Å². The highest BCUT2D eigenvalue weighted by Gasteiger charge is 2.33. The predicted octanol–water partition coefficient (Wildman–Crippen LogP) is 6.38. The molecule has 0 saturated heterocycles. The Bertz CT molecular complexity index is 1110. The largest absolute Gasteiger partial charge is 0.416 e. The second-order valence-electron chi connectivity index (χ2n) is 8.07. The van der Waals surface area contributed by atoms with Crippen molar-refractivity contribution in [1.82, 2.24) is 5.43 Å². The number of thiocarbonyl (C=S) groups is 1. The van der Waals surface area contributed by atoms with E-state index in [4.69, 9.17) is 18.0 Å². The third-order valence-electron chi connectivity index (χ3n) is 5.58. The molecule has 0 amide bonds. The fourth-order valence-corrected chi connectivity index (χ4v) is 3.70. The first-order chi connectivity index (χ1) is 16.3. The lowest BCUT2D eigenvalue weighted by atomic mass is 9.96. The highest BCUT2D eigenvalue weighted by Crippen LogP contribution is 2.33. The summed E-state index contributed by atoms with van der Waals surface area (Å²) in [4.78, 5) is 0.115. The van der Waals surface area contributed by atoms with Crippen LogP contribution in [0.15, 0.2) is 77.9 Å². The van der Waals surface area contributed by atoms with Gasteiger partial charge in [0, 0.05) is 17.8 Å². The SMILES string of the molecule is CCC(N)/C=N/NC(=S)c1ccc(CCc2ccc(C3=CC=CC=CC3)cc2)c(C(F)(F)F)c1. The van der Waals surface area contributed by atoms with Gasteiger partial charge in [-0.15, -0.1) is 0 Å². The topological polar surface area (TPSA) is 50.4 Å². The van der Waals surface area contributed by atoms with Crippen LogP contribution in [0.1, 0.15) is 47.6 Å². The van der Waals surface area contributed by atoms with Crippen LogP contribution in [-0.2, 0) is 19.0 Å². The summed E-state index contributed by atoms with van der Waals surface area (Å²) in [5, 5.41) is 3.92. The van der Waals surface area contributed by atoms with Crippen LogP contribution < -0.4 is 11.2 Å². The van der Waals surface area contributed by atoms with Crippen LogP contribution in [0.4, 0.5) is 13.2 Å². The van der Waals surface area contributed by atoms with Gasteiger partial charge in [0.1, 0.15) is 4.99 Å². The van der Waals surface area contributed by atoms with Crippen molar-refractivity contribution >= 4 is 29.0 Å². The van der Waals surface area contributed by atoms with Crippen molar-refractivity contribution in [2.75, 3.05) is 0 Å². The molecule has 3 N–H and O–H groups in total. The molecule has 178 valence electrons. The van der Waals surface area contributed by atoms with Crippen LogP contribution in [0.5, 0.6) is 0 Å². The lowest BCUT2D eigenvalue weighted by Gasteiger charge is -2.15. The number of hydrazone groups is 1. The van der Waals surface area contributed by atoms with E-state index in [0.717, 1.165) is 23.6 Å². The molecular formula is C27H28F3N3S. The molecule has 2 aromatic rings. The van der Waals surface area contributed by atoms with E-state index >= 15 is 0 Å². The Morgan fingerprint density at radius 1 is 1.12 bits per heavy atom. The van der Waals surface area contributed by atoms with E-state index in [1.807, 2.05) is 49.4 Å². The van der Waals surface area contributed by atoms with Crippen LogP contribution in [0.3, 0.4) is 0 Å². The predicted molar refractivity (Wildman–Crippen MR) is 138 cm³/mol. The van der Waals surface area contributed by atoms with Gasteiger partial charge in [-0.05, 0) is 54.0 Å². The van der Waals surface area contributed by atoms with E-state index < -0.39 is 11.7 Å². The normalized spacial score (nSPS) is 14.7. The molecule has 34 heavy (non-hydrogen) atoms. The van der Waals surface area contributed by atoms with Crippen LogP contribution in [0.25, 0.3) is 5.57 Å². The van der Waals surface area contributed by atoms with Crippen molar-refractivity contribution < 1.29 is 13.2 Å². The van der Waals surface area contributed by atoms with Gasteiger partial charge in [-0.2, -0.15) is 18.3 Å². The highest BCUT2D eigenvalue weighted by molar-refractivity contribution is 7.80. The van der Waals surface area contributed by atoms with Crippen molar-refractivity contribution in [3.63, 3.8) is 0 Å². The molecule has 0 saturated carbocycles. The molecule has 0 fully saturated rings. The molecular weight excluding hydrogens is 455 g/mol. The molecule has 0 spiro atoms. The standard InChI is InChI=1S/C27H28F3N3S/c1-2-24(31)18-32-33-26(34)23-16-15-22(25(17-23)27(28,29)30)14-11-19-9-12-21(13-10-19)20-7-5-3-4-6-8-20/h3-7,9-10,12-13,15-18,24H,2,8,11,14,31H2,1H3,(H,33,34)/b32-18+. The average Bonchev–Trinajstić information content (AvgIpc) is 3.12. The Kier molecular flexibility index (Phi) is 8.96. The second-order valence-corrected chi connectivity index (χ2v) is 8.48. The quantitative estimate of drug-likeness (QED) is 0.260. The van der Waals surface area contributed by atoms with Crippen LogP contribution in [0, 0.1) is 0 Å². The first kappa shape index (κ1) is 25.6. The van der Waals surface area contributed by atoms with Crippen LogP contribution >= 0.6 is 12.2 Å². The van der Waals surface area contributed by atoms with E-state index in [-0.39, 0.29) is 28.6 Å². The van der Waals surface area contributed by atoms with Gasteiger partial charge in [0.25, 0.3) is 0 Å². The number of hydrogen-bond donors (Lipinski definition) is 2. The Balaban J connectivity index is 1.71. The summed E-state index contributed by atoms with van der Waals surface area (Å²) < 4.78 is 41.4. The van der Waals surface area contributed by atoms with Crippen molar-refractivity contribution in [1.29, 1.82) is 0 Å². The fourth-order valence-electron chi connectivity index (χ4n) is 3.52. The van der Waals surface area contributed by atoms with Crippen molar-refractivity contribution in [2.45, 2.75) is 44.8 Å². The number of halogens is 3. The molecule has 1 unspecified atom stereocenters. The Morgan fingerprint density at radius 3 is 2.59 bits per heavy atom. The zero-order valence-electron chi connectivity index (χ0n) is 19.0. The molecule has 2 aromatic carbocycles. The minimum absolute atomic E-state index is 0.115. The number of nitrogens with zero attached hydrogens (tertiary/aromatic N) is 1. The first-order valence-corrected chi connectivity index (χ1v) is 11.6. The van der Waals surface area contributed by atoms with Crippen molar-refractivity contribution in [2.24, 2.45) is 10.8 Å². The van der Waals surface area contributed by atoms with Crippen LogP contribution in [0.2, 0.25) is 0 Å². The molecule has 3 nitrogen and oxygen atoms in total. The zero-order valence-corrected chi connectivity index (χ0v) is 19.8. The zero-order chi connectivity index (χ0) is 24.6. The molecule has 1 aliphatic rings. The Hall–Kier alpha value is -3.03. The van der Waals surface area contributed by atoms with E-state index in [0.29, 0.717) is 12.8 Å². The van der Waals surface area contributed by atoms with Gasteiger partial charge < -0.3 is 5.73 Å². The monoisotopic (exact) mass is 483 g/mol. The highest BCUT2D eigenvalue weighted by atomic mass is 32.1. The number of hydrogen-bond acceptors (Lipinski definition) is 3. The lowest BCUT2D eigenvalue weighted by molar-refractivity contribution is -0.138. The minimum atomic E-state index is -4.48. The van der Waals surface area contributed by atoms with Gasteiger partial charge in [0.2, 0.25) is 0 Å². The van der Waals surface area contributed by atoms with Gasteiger partial charge in [0.15, 0.2) is 0 Å². The number of nitrogens with one attached hydrogen (secondary N) is 1. The first-order valence-electron chi connectivity index (χ1n) is 11.2. The average molecular weight is 484 g/mol. The number of aryl methyl sites for hydroxylation is 2. The number of rotatable bonds is 8. The van der Waals surface area contributed by atoms with E-state index in [2.05, 4.69) is 22.7 Å². The molecule has 3 rings (SSSR count). The summed E-state index contributed by atoms with van der Waals surface area (Å²) in [6, 6.07) is 11.9. The smallest absolute Gasteiger partial charge is 0.323 e. The number of benzene rings is 2. The molecule has 0 bridgehead atoms. The van der Waals surface area contributed by atoms with Crippen molar-refractivity contribution in [3.05, 3.63) is 101 Å². The third kappa shape index (κ3) is 7.23. The summed E-state index contributed by atoms with van der Waals surface area (Å²) in [6.45, 7) is 1.91. The maximum absolute atomic E-state index is 13.8. The molecule has 0 aliphatic heterocycles. The number of alkyl halides is 3. The van der Waals surface area contributed by atoms with Gasteiger partial charge in [-0.1, -0.05) is 85.9 Å². The molecule has 0 aromatic heterocycles. The van der Waals surface area contributed by atoms with Gasteiger partial charge in [-0.25, -0.2) is 0 Å². The van der Waals surface area contributed by atoms with Gasteiger partial charge >= 0.3 is 6.18 Å². The Labute approximate surface area is 203 Å². The summed E-state index contributed by atoms with van der Waals surface area (Å²) in [5.74, 6) is 0. The molecule has 0 heterocycles.